The van der Waals surface area contributed by atoms with Gasteiger partial charge in [-0.25, -0.2) is 0 Å². The predicted octanol–water partition coefficient (Wildman–Crippen LogP) is 2.53. The Hall–Kier alpha value is -1.60. The van der Waals surface area contributed by atoms with Gasteiger partial charge in [-0.2, -0.15) is 13.2 Å². The molecule has 3 N–H and O–H groups in total. The van der Waals surface area contributed by atoms with Gasteiger partial charge in [-0.05, 0) is 30.2 Å². The van der Waals surface area contributed by atoms with E-state index in [-0.39, 0.29) is 24.6 Å². The first-order valence-corrected chi connectivity index (χ1v) is 6.07. The average Bonchev–Trinajstić information content (AvgIpc) is 2.37. The fourth-order valence-corrected chi connectivity index (χ4v) is 1.65. The molecule has 0 heterocycles. The largest absolute Gasteiger partial charge is 0.416 e. The number of alkyl halides is 3. The lowest BCUT2D eigenvalue weighted by Gasteiger charge is -2.12. The molecule has 0 saturated heterocycles. The number of methoxy groups -OCH3 is 1. The van der Waals surface area contributed by atoms with Crippen molar-refractivity contribution < 1.29 is 22.7 Å². The van der Waals surface area contributed by atoms with Gasteiger partial charge >= 0.3 is 6.18 Å². The molecular formula is C13H17F3N2O2. The van der Waals surface area contributed by atoms with Crippen molar-refractivity contribution in [2.75, 3.05) is 19.0 Å². The van der Waals surface area contributed by atoms with Gasteiger partial charge in [-0.1, -0.05) is 0 Å². The fraction of sp³-hybridized carbons (Fsp3) is 0.462. The summed E-state index contributed by atoms with van der Waals surface area (Å²) in [6, 6.07) is 3.30. The Kier molecular flexibility index (Phi) is 5.97. The number of benzene rings is 1. The van der Waals surface area contributed by atoms with Crippen molar-refractivity contribution >= 4 is 11.6 Å². The molecule has 0 unspecified atom stereocenters. The number of amides is 1. The lowest BCUT2D eigenvalue weighted by atomic mass is 10.1. The number of carbonyl (C=O) groups is 1. The summed E-state index contributed by atoms with van der Waals surface area (Å²) in [5.41, 5.74) is 4.95. The number of hydrogen-bond donors (Lipinski definition) is 2. The molecule has 0 atom stereocenters. The quantitative estimate of drug-likeness (QED) is 0.791. The maximum Gasteiger partial charge on any atom is 0.416 e. The van der Waals surface area contributed by atoms with E-state index in [9.17, 15) is 18.0 Å². The summed E-state index contributed by atoms with van der Waals surface area (Å²) in [4.78, 5) is 11.6. The van der Waals surface area contributed by atoms with Crippen LogP contribution in [0.25, 0.3) is 0 Å². The zero-order chi connectivity index (χ0) is 15.2. The molecule has 0 spiro atoms. The lowest BCUT2D eigenvalue weighted by Crippen LogP contribution is -2.14. The second kappa shape index (κ2) is 7.25. The normalized spacial score (nSPS) is 11.4. The number of carbonyl (C=O) groups excluding carboxylic acids is 1. The zero-order valence-corrected chi connectivity index (χ0v) is 11.1. The standard InChI is InChI=1S/C13H17F3N2O2/c1-20-4-2-3-12(19)18-11-6-9(8-17)5-10(7-11)13(14,15)16/h5-7H,2-4,8,17H2,1H3,(H,18,19). The number of nitrogens with two attached hydrogens (primary N) is 1. The molecular weight excluding hydrogens is 273 g/mol. The molecule has 1 amide bonds. The van der Waals surface area contributed by atoms with Crippen molar-refractivity contribution in [2.45, 2.75) is 25.6 Å². The molecule has 20 heavy (non-hydrogen) atoms. The Morgan fingerprint density at radius 3 is 2.60 bits per heavy atom. The molecule has 1 rings (SSSR count). The third-order valence-corrected chi connectivity index (χ3v) is 2.59. The van der Waals surface area contributed by atoms with Crippen LogP contribution in [-0.4, -0.2) is 19.6 Å². The molecule has 0 aliphatic rings. The van der Waals surface area contributed by atoms with E-state index in [1.807, 2.05) is 0 Å². The highest BCUT2D eigenvalue weighted by molar-refractivity contribution is 5.90. The maximum absolute atomic E-state index is 12.7. The topological polar surface area (TPSA) is 64.3 Å². The molecule has 0 aliphatic heterocycles. The van der Waals surface area contributed by atoms with Gasteiger partial charge in [0, 0.05) is 32.4 Å². The zero-order valence-electron chi connectivity index (χ0n) is 11.1. The van der Waals surface area contributed by atoms with Crippen molar-refractivity contribution in [2.24, 2.45) is 5.73 Å². The van der Waals surface area contributed by atoms with E-state index in [1.54, 1.807) is 0 Å². The molecule has 0 fully saturated rings. The molecule has 1 aromatic rings. The fourth-order valence-electron chi connectivity index (χ4n) is 1.65. The van der Waals surface area contributed by atoms with Gasteiger partial charge in [-0.3, -0.25) is 4.79 Å². The first-order valence-electron chi connectivity index (χ1n) is 6.07. The lowest BCUT2D eigenvalue weighted by molar-refractivity contribution is -0.137. The highest BCUT2D eigenvalue weighted by Gasteiger charge is 2.31. The van der Waals surface area contributed by atoms with Crippen molar-refractivity contribution in [3.63, 3.8) is 0 Å². The van der Waals surface area contributed by atoms with Crippen LogP contribution in [0.2, 0.25) is 0 Å². The van der Waals surface area contributed by atoms with Crippen LogP contribution in [0.4, 0.5) is 18.9 Å². The summed E-state index contributed by atoms with van der Waals surface area (Å²) in [5, 5.41) is 2.44. The van der Waals surface area contributed by atoms with Crippen LogP contribution >= 0.6 is 0 Å². The van der Waals surface area contributed by atoms with Gasteiger partial charge in [0.1, 0.15) is 0 Å². The molecule has 0 aromatic heterocycles. The van der Waals surface area contributed by atoms with Crippen LogP contribution in [-0.2, 0) is 22.3 Å². The third-order valence-electron chi connectivity index (χ3n) is 2.59. The van der Waals surface area contributed by atoms with Crippen LogP contribution in [0, 0.1) is 0 Å². The van der Waals surface area contributed by atoms with Gasteiger partial charge in [0.25, 0.3) is 0 Å². The van der Waals surface area contributed by atoms with E-state index in [1.165, 1.54) is 13.2 Å². The van der Waals surface area contributed by atoms with E-state index in [0.29, 0.717) is 18.6 Å². The van der Waals surface area contributed by atoms with E-state index in [4.69, 9.17) is 10.5 Å². The summed E-state index contributed by atoms with van der Waals surface area (Å²) < 4.78 is 42.9. The third kappa shape index (κ3) is 5.18. The summed E-state index contributed by atoms with van der Waals surface area (Å²) in [6.07, 6.45) is -3.78. The van der Waals surface area contributed by atoms with Crippen molar-refractivity contribution in [1.82, 2.24) is 0 Å². The van der Waals surface area contributed by atoms with Gasteiger partial charge in [0.15, 0.2) is 0 Å². The Morgan fingerprint density at radius 1 is 1.35 bits per heavy atom. The van der Waals surface area contributed by atoms with E-state index < -0.39 is 11.7 Å². The highest BCUT2D eigenvalue weighted by Crippen LogP contribution is 2.32. The molecule has 0 bridgehead atoms. The van der Waals surface area contributed by atoms with Crippen LogP contribution in [0.5, 0.6) is 0 Å². The van der Waals surface area contributed by atoms with Crippen LogP contribution in [0.15, 0.2) is 18.2 Å². The summed E-state index contributed by atoms with van der Waals surface area (Å²) in [6.45, 7) is 0.389. The van der Waals surface area contributed by atoms with Gasteiger partial charge in [0.05, 0.1) is 5.56 Å². The second-order valence-corrected chi connectivity index (χ2v) is 4.27. The van der Waals surface area contributed by atoms with Crippen LogP contribution < -0.4 is 11.1 Å². The first kappa shape index (κ1) is 16.5. The number of nitrogens with one attached hydrogen (secondary N) is 1. The molecule has 4 nitrogen and oxygen atoms in total. The van der Waals surface area contributed by atoms with Gasteiger partial charge in [-0.15, -0.1) is 0 Å². The monoisotopic (exact) mass is 290 g/mol. The number of ether oxygens (including phenoxy) is 1. The SMILES string of the molecule is COCCCC(=O)Nc1cc(CN)cc(C(F)(F)F)c1. The Bertz CT molecular complexity index is 461. The summed E-state index contributed by atoms with van der Waals surface area (Å²) >= 11 is 0. The van der Waals surface area contributed by atoms with Crippen molar-refractivity contribution in [3.8, 4) is 0 Å². The molecule has 7 heteroatoms. The molecule has 0 radical (unpaired) electrons. The summed E-state index contributed by atoms with van der Waals surface area (Å²) in [5.74, 6) is -0.357. The molecule has 0 saturated carbocycles. The van der Waals surface area contributed by atoms with Gasteiger partial charge in [0.2, 0.25) is 5.91 Å². The smallest absolute Gasteiger partial charge is 0.385 e. The maximum atomic E-state index is 12.7. The second-order valence-electron chi connectivity index (χ2n) is 4.27. The minimum absolute atomic E-state index is 0.0313. The predicted molar refractivity (Wildman–Crippen MR) is 69.1 cm³/mol. The number of anilines is 1. The Balaban J connectivity index is 2.81. The Morgan fingerprint density at radius 2 is 2.05 bits per heavy atom. The van der Waals surface area contributed by atoms with E-state index in [2.05, 4.69) is 5.32 Å². The number of halogens is 3. The minimum Gasteiger partial charge on any atom is -0.385 e. The first-order chi connectivity index (χ1) is 9.36. The average molecular weight is 290 g/mol. The van der Waals surface area contributed by atoms with Crippen LogP contribution in [0.1, 0.15) is 24.0 Å². The Labute approximate surface area is 115 Å². The van der Waals surface area contributed by atoms with Crippen molar-refractivity contribution in [3.05, 3.63) is 29.3 Å². The van der Waals surface area contributed by atoms with Crippen molar-refractivity contribution in [1.29, 1.82) is 0 Å². The van der Waals surface area contributed by atoms with E-state index >= 15 is 0 Å². The molecule has 1 aromatic carbocycles. The highest BCUT2D eigenvalue weighted by atomic mass is 19.4. The minimum atomic E-state index is -4.47. The van der Waals surface area contributed by atoms with Crippen LogP contribution in [0.3, 0.4) is 0 Å². The van der Waals surface area contributed by atoms with Gasteiger partial charge < -0.3 is 15.8 Å². The summed E-state index contributed by atoms with van der Waals surface area (Å²) in [7, 11) is 1.51. The number of rotatable bonds is 6. The van der Waals surface area contributed by atoms with E-state index in [0.717, 1.165) is 12.1 Å². The molecule has 0 aliphatic carbocycles. The molecule has 112 valence electrons. The number of hydrogen-bond acceptors (Lipinski definition) is 3.